The van der Waals surface area contributed by atoms with Crippen molar-refractivity contribution in [2.45, 2.75) is 13.8 Å². The van der Waals surface area contributed by atoms with E-state index in [2.05, 4.69) is 0 Å². The van der Waals surface area contributed by atoms with Gasteiger partial charge in [-0.3, -0.25) is 0 Å². The summed E-state index contributed by atoms with van der Waals surface area (Å²) in [6.45, 7) is 4.00. The van der Waals surface area contributed by atoms with Crippen LogP contribution in [0.15, 0.2) is 0 Å². The summed E-state index contributed by atoms with van der Waals surface area (Å²) in [5.41, 5.74) is 0. The molecule has 0 aromatic carbocycles. The minimum absolute atomic E-state index is 2.00. The molecule has 0 nitrogen and oxygen atoms in total. The van der Waals surface area contributed by atoms with Crippen LogP contribution in [0.4, 0.5) is 0 Å². The van der Waals surface area contributed by atoms with Crippen LogP contribution in [-0.4, -0.2) is 15.5 Å². The second kappa shape index (κ2) is 842. The Bertz CT molecular complexity index is 4.00. The maximum atomic E-state index is 2.00. The lowest BCUT2D eigenvalue weighted by Crippen LogP contribution is -1.38. The fraction of sp³-hybridized carbons (Fsp3) is 1.00. The second-order valence-corrected chi connectivity index (χ2v) is 0. The summed E-state index contributed by atoms with van der Waals surface area (Å²) in [5.74, 6) is 0. The third kappa shape index (κ3) is 161. The molecular formula is C2H10B2. The molecule has 0 spiro atoms. The molecule has 0 bridgehead atoms. The van der Waals surface area contributed by atoms with Crippen molar-refractivity contribution in [2.75, 3.05) is 0 Å². The standard InChI is InChI=1S/C2H6.B2H4/c2*1-2/h1-2H3;1-2H2. The third-order valence-corrected chi connectivity index (χ3v) is 0. The van der Waals surface area contributed by atoms with E-state index in [9.17, 15) is 0 Å². The molecule has 4 heavy (non-hydrogen) atoms. The van der Waals surface area contributed by atoms with E-state index in [4.69, 9.17) is 0 Å². The van der Waals surface area contributed by atoms with E-state index >= 15 is 0 Å². The third-order valence-electron chi connectivity index (χ3n) is 0. The van der Waals surface area contributed by atoms with E-state index < -0.39 is 0 Å². The smallest absolute Gasteiger partial charge is 0.0643 e. The van der Waals surface area contributed by atoms with Gasteiger partial charge in [-0.25, -0.2) is 0 Å². The van der Waals surface area contributed by atoms with Crippen LogP contribution in [0, 0.1) is 0 Å². The van der Waals surface area contributed by atoms with Crippen LogP contribution in [0.5, 0.6) is 0 Å². The molecule has 0 unspecified atom stereocenters. The molecule has 0 fully saturated rings. The van der Waals surface area contributed by atoms with Gasteiger partial charge in [-0.1, -0.05) is 13.8 Å². The highest BCUT2D eigenvalue weighted by Gasteiger charge is 1.06. The molecule has 0 saturated carbocycles. The van der Waals surface area contributed by atoms with Crippen molar-refractivity contribution in [3.05, 3.63) is 0 Å². The molecule has 0 atom stereocenters. The van der Waals surface area contributed by atoms with Gasteiger partial charge in [0.1, 0.15) is 0 Å². The first-order valence-corrected chi connectivity index (χ1v) is 2.00. The quantitative estimate of drug-likeness (QED) is 0.318. The molecule has 2 heteroatoms. The van der Waals surface area contributed by atoms with E-state index in [-0.39, 0.29) is 0 Å². The van der Waals surface area contributed by atoms with Gasteiger partial charge in [0, 0.05) is 0 Å². The Labute approximate surface area is 30.4 Å². The van der Waals surface area contributed by atoms with Crippen LogP contribution in [-0.2, 0) is 0 Å². The fourth-order valence-corrected chi connectivity index (χ4v) is 0. The Morgan fingerprint density at radius 1 is 1.00 bits per heavy atom. The Morgan fingerprint density at radius 2 is 1.00 bits per heavy atom. The largest absolute Gasteiger partial charge is 0.0683 e. The van der Waals surface area contributed by atoms with Gasteiger partial charge in [-0.15, -0.1) is 0 Å². The highest BCUT2D eigenvalue weighted by molar-refractivity contribution is 6.75. The minimum atomic E-state index is 2.00. The first-order valence-electron chi connectivity index (χ1n) is 2.00. The maximum Gasteiger partial charge on any atom is 0.0643 e. The van der Waals surface area contributed by atoms with Gasteiger partial charge in [-0.2, -0.15) is 0 Å². The predicted octanol–water partition coefficient (Wildman–Crippen LogP) is -0.806. The van der Waals surface area contributed by atoms with Crippen LogP contribution < -0.4 is 0 Å². The van der Waals surface area contributed by atoms with Crippen LogP contribution >= 0.6 is 0 Å². The van der Waals surface area contributed by atoms with Crippen LogP contribution in [0.1, 0.15) is 13.8 Å². The Kier molecular flexibility index (Phi) is 1880. The summed E-state index contributed by atoms with van der Waals surface area (Å²) in [4.78, 5) is 0. The van der Waals surface area contributed by atoms with E-state index in [0.717, 1.165) is 0 Å². The monoisotopic (exact) mass is 56.1 g/mol. The lowest BCUT2D eigenvalue weighted by molar-refractivity contribution is 1.50. The first-order chi connectivity index (χ1) is 2.00. The van der Waals surface area contributed by atoms with Crippen molar-refractivity contribution in [3.8, 4) is 0 Å². The second-order valence-electron chi connectivity index (χ2n) is 0. The fourth-order valence-electron chi connectivity index (χ4n) is 0. The van der Waals surface area contributed by atoms with Crippen molar-refractivity contribution in [2.24, 2.45) is 0 Å². The zero-order valence-corrected chi connectivity index (χ0v) is 4.00. The maximum absolute atomic E-state index is 2.00. The first kappa shape index (κ1) is 8.92. The molecule has 0 aliphatic heterocycles. The molecule has 0 rings (SSSR count). The zero-order chi connectivity index (χ0) is 4.00. The average Bonchev–Trinajstić information content (AvgIpc) is 1.50. The molecule has 0 aliphatic rings. The molecule has 0 radical (unpaired) electrons. The van der Waals surface area contributed by atoms with Crippen LogP contribution in [0.25, 0.3) is 0 Å². The van der Waals surface area contributed by atoms with E-state index in [1.54, 1.807) is 0 Å². The predicted molar refractivity (Wildman–Crippen MR) is 28.4 cm³/mol. The van der Waals surface area contributed by atoms with Crippen molar-refractivity contribution >= 4 is 15.5 Å². The number of rotatable bonds is 0. The minimum Gasteiger partial charge on any atom is -0.0683 e. The highest BCUT2D eigenvalue weighted by Crippen LogP contribution is 1.14. The lowest BCUT2D eigenvalue weighted by atomic mass is 9.81. The van der Waals surface area contributed by atoms with E-state index in [1.807, 2.05) is 29.3 Å². The average molecular weight is 55.7 g/mol. The van der Waals surface area contributed by atoms with E-state index in [1.165, 1.54) is 0 Å². The van der Waals surface area contributed by atoms with Crippen molar-refractivity contribution in [3.63, 3.8) is 0 Å². The van der Waals surface area contributed by atoms with Gasteiger partial charge >= 0.3 is 0 Å². The highest BCUT2D eigenvalue weighted by atomic mass is 13.0. The molecule has 0 aliphatic carbocycles. The van der Waals surface area contributed by atoms with E-state index in [0.29, 0.717) is 0 Å². The molecule has 0 saturated heterocycles. The molecule has 0 aromatic rings. The Balaban J connectivity index is 0. The molecular weight excluding hydrogens is 45.6 g/mol. The topological polar surface area (TPSA) is 0 Å². The lowest BCUT2D eigenvalue weighted by Gasteiger charge is -1.07. The summed E-state index contributed by atoms with van der Waals surface area (Å²) in [7, 11) is 4.00. The van der Waals surface area contributed by atoms with Gasteiger partial charge in [0.25, 0.3) is 0 Å². The van der Waals surface area contributed by atoms with Crippen molar-refractivity contribution < 1.29 is 0 Å². The van der Waals surface area contributed by atoms with Gasteiger partial charge in [0.05, 0.1) is 15.5 Å². The summed E-state index contributed by atoms with van der Waals surface area (Å²) in [5, 5.41) is 0. The Hall–Kier alpha value is 0.130. The molecule has 24 valence electrons. The van der Waals surface area contributed by atoms with Gasteiger partial charge < -0.3 is 0 Å². The van der Waals surface area contributed by atoms with Crippen LogP contribution in [0.3, 0.4) is 0 Å². The Morgan fingerprint density at radius 3 is 1.00 bits per heavy atom. The van der Waals surface area contributed by atoms with Crippen molar-refractivity contribution in [1.82, 2.24) is 0 Å². The van der Waals surface area contributed by atoms with Crippen molar-refractivity contribution in [1.29, 1.82) is 0 Å². The SMILES string of the molecule is BB.CC. The normalized spacial score (nSPS) is 2.50. The molecule has 0 amide bonds. The van der Waals surface area contributed by atoms with Crippen LogP contribution in [0.2, 0.25) is 0 Å². The summed E-state index contributed by atoms with van der Waals surface area (Å²) >= 11 is 0. The summed E-state index contributed by atoms with van der Waals surface area (Å²) in [6, 6.07) is 0. The number of hydrogen-bond donors (Lipinski definition) is 0. The number of hydrogen-bond acceptors (Lipinski definition) is 0. The summed E-state index contributed by atoms with van der Waals surface area (Å²) in [6.07, 6.45) is 0. The van der Waals surface area contributed by atoms with Gasteiger partial charge in [-0.05, 0) is 0 Å². The summed E-state index contributed by atoms with van der Waals surface area (Å²) < 4.78 is 0. The zero-order valence-electron chi connectivity index (χ0n) is 4.00. The van der Waals surface area contributed by atoms with Gasteiger partial charge in [0.2, 0.25) is 0 Å². The molecule has 0 N–H and O–H groups in total. The molecule has 0 aromatic heterocycles. The van der Waals surface area contributed by atoms with Gasteiger partial charge in [0.15, 0.2) is 0 Å². The molecule has 0 heterocycles.